The van der Waals surface area contributed by atoms with Crippen molar-refractivity contribution in [2.24, 2.45) is 0 Å². The van der Waals surface area contributed by atoms with E-state index in [-0.39, 0.29) is 30.6 Å². The van der Waals surface area contributed by atoms with Gasteiger partial charge in [-0.2, -0.15) is 0 Å². The van der Waals surface area contributed by atoms with E-state index in [1.165, 1.54) is 11.3 Å². The van der Waals surface area contributed by atoms with Crippen LogP contribution in [-0.4, -0.2) is 32.8 Å². The topological polar surface area (TPSA) is 66.7 Å². The smallest absolute Gasteiger partial charge is 0.328 e. The summed E-state index contributed by atoms with van der Waals surface area (Å²) in [6, 6.07) is 9.29. The Labute approximate surface area is 133 Å². The lowest BCUT2D eigenvalue weighted by atomic mass is 10.0. The van der Waals surface area contributed by atoms with Crippen molar-refractivity contribution in [1.82, 2.24) is 14.8 Å². The van der Waals surface area contributed by atoms with Crippen molar-refractivity contribution in [3.63, 3.8) is 0 Å². The molecule has 0 saturated carbocycles. The molecule has 0 aliphatic carbocycles. The van der Waals surface area contributed by atoms with E-state index >= 15 is 0 Å². The number of hydrogen-bond donors (Lipinski definition) is 0. The fraction of sp³-hybridized carbons (Fsp3) is 0.353. The monoisotopic (exact) mass is 311 g/mol. The summed E-state index contributed by atoms with van der Waals surface area (Å²) in [6.07, 6.45) is 2.87. The molecule has 2 aliphatic rings. The number of urea groups is 1. The number of fused-ring (bicyclic) bond motifs is 1. The molecule has 6 heteroatoms. The maximum absolute atomic E-state index is 12.8. The van der Waals surface area contributed by atoms with Crippen molar-refractivity contribution >= 4 is 11.9 Å². The molecule has 0 unspecified atom stereocenters. The van der Waals surface area contributed by atoms with E-state index in [0.717, 1.165) is 12.0 Å². The molecule has 2 saturated heterocycles. The highest BCUT2D eigenvalue weighted by Crippen LogP contribution is 2.41. The molecule has 23 heavy (non-hydrogen) atoms. The molecule has 2 aliphatic heterocycles. The Balaban J connectivity index is 1.61. The second-order valence-electron chi connectivity index (χ2n) is 5.99. The summed E-state index contributed by atoms with van der Waals surface area (Å²) in [4.78, 5) is 32.5. The van der Waals surface area contributed by atoms with Gasteiger partial charge in [0, 0.05) is 0 Å². The molecule has 1 aromatic heterocycles. The number of carbonyl (C=O) groups excluding carboxylic acids is 2. The van der Waals surface area contributed by atoms with Crippen molar-refractivity contribution < 1.29 is 14.0 Å². The van der Waals surface area contributed by atoms with Gasteiger partial charge in [-0.25, -0.2) is 9.78 Å². The third kappa shape index (κ3) is 2.13. The Morgan fingerprint density at radius 1 is 1.17 bits per heavy atom. The zero-order chi connectivity index (χ0) is 16.0. The standard InChI is InChI=1S/C17H17N3O3/c1-11-13(18-10-23-11)9-19-16(21)15-8-7-14(20(15)17(19)22)12-5-3-2-4-6-12/h2-6,10,14-15H,7-9H2,1H3/t14-,15-/m0/s1. The number of aryl methyl sites for hydroxylation is 1. The van der Waals surface area contributed by atoms with Gasteiger partial charge in [0.25, 0.3) is 5.91 Å². The number of aromatic nitrogens is 1. The van der Waals surface area contributed by atoms with Crippen molar-refractivity contribution in [3.8, 4) is 0 Å². The van der Waals surface area contributed by atoms with Crippen LogP contribution in [0.2, 0.25) is 0 Å². The third-order valence-electron chi connectivity index (χ3n) is 4.72. The first kappa shape index (κ1) is 14.0. The minimum absolute atomic E-state index is 0.0268. The molecule has 1 aromatic carbocycles. The molecule has 2 aromatic rings. The van der Waals surface area contributed by atoms with Gasteiger partial charge in [-0.05, 0) is 25.3 Å². The highest BCUT2D eigenvalue weighted by Gasteiger charge is 2.52. The molecular weight excluding hydrogens is 294 g/mol. The molecule has 3 heterocycles. The molecule has 4 rings (SSSR count). The van der Waals surface area contributed by atoms with E-state index in [4.69, 9.17) is 4.42 Å². The fourth-order valence-electron chi connectivity index (χ4n) is 3.51. The highest BCUT2D eigenvalue weighted by molar-refractivity contribution is 6.04. The van der Waals surface area contributed by atoms with Gasteiger partial charge in [-0.3, -0.25) is 9.69 Å². The van der Waals surface area contributed by atoms with Crippen molar-refractivity contribution in [1.29, 1.82) is 0 Å². The van der Waals surface area contributed by atoms with Crippen LogP contribution in [0.25, 0.3) is 0 Å². The lowest BCUT2D eigenvalue weighted by Crippen LogP contribution is -2.34. The van der Waals surface area contributed by atoms with E-state index in [1.807, 2.05) is 30.3 Å². The Kier molecular flexibility index (Phi) is 3.18. The van der Waals surface area contributed by atoms with Crippen molar-refractivity contribution in [2.75, 3.05) is 0 Å². The molecule has 0 N–H and O–H groups in total. The van der Waals surface area contributed by atoms with E-state index in [0.29, 0.717) is 17.9 Å². The first-order chi connectivity index (χ1) is 11.2. The summed E-state index contributed by atoms with van der Waals surface area (Å²) in [5.41, 5.74) is 1.71. The number of imide groups is 1. The number of amides is 3. The third-order valence-corrected chi connectivity index (χ3v) is 4.72. The van der Waals surface area contributed by atoms with E-state index in [1.54, 1.807) is 11.8 Å². The molecule has 3 amide bonds. The number of carbonyl (C=O) groups is 2. The number of rotatable bonds is 3. The predicted octanol–water partition coefficient (Wildman–Crippen LogP) is 2.65. The maximum atomic E-state index is 12.8. The van der Waals surface area contributed by atoms with Gasteiger partial charge in [0.15, 0.2) is 6.39 Å². The van der Waals surface area contributed by atoms with Crippen LogP contribution in [0.5, 0.6) is 0 Å². The minimum atomic E-state index is -0.347. The summed E-state index contributed by atoms with van der Waals surface area (Å²) in [6.45, 7) is 1.95. The quantitative estimate of drug-likeness (QED) is 0.817. The largest absolute Gasteiger partial charge is 0.448 e. The number of hydrogen-bond acceptors (Lipinski definition) is 4. The first-order valence-electron chi connectivity index (χ1n) is 7.74. The number of benzene rings is 1. The molecule has 0 radical (unpaired) electrons. The predicted molar refractivity (Wildman–Crippen MR) is 81.2 cm³/mol. The molecule has 0 bridgehead atoms. The van der Waals surface area contributed by atoms with Gasteiger partial charge < -0.3 is 9.32 Å². The van der Waals surface area contributed by atoms with Crippen LogP contribution in [0.4, 0.5) is 4.79 Å². The molecular formula is C17H17N3O3. The number of oxazole rings is 1. The summed E-state index contributed by atoms with van der Waals surface area (Å²) in [5, 5.41) is 0. The normalized spacial score (nSPS) is 23.7. The second kappa shape index (κ2) is 5.22. The van der Waals surface area contributed by atoms with Crippen molar-refractivity contribution in [2.45, 2.75) is 38.4 Å². The van der Waals surface area contributed by atoms with Crippen LogP contribution in [0, 0.1) is 6.92 Å². The van der Waals surface area contributed by atoms with Gasteiger partial charge in [-0.15, -0.1) is 0 Å². The van der Waals surface area contributed by atoms with Crippen LogP contribution >= 0.6 is 0 Å². The Morgan fingerprint density at radius 2 is 1.91 bits per heavy atom. The second-order valence-corrected chi connectivity index (χ2v) is 5.99. The van der Waals surface area contributed by atoms with Crippen LogP contribution in [0.3, 0.4) is 0 Å². The highest BCUT2D eigenvalue weighted by atomic mass is 16.3. The van der Waals surface area contributed by atoms with E-state index in [9.17, 15) is 9.59 Å². The Morgan fingerprint density at radius 3 is 2.61 bits per heavy atom. The van der Waals surface area contributed by atoms with Crippen LogP contribution in [-0.2, 0) is 11.3 Å². The van der Waals surface area contributed by atoms with Gasteiger partial charge in [0.2, 0.25) is 0 Å². The number of nitrogens with zero attached hydrogens (tertiary/aromatic N) is 3. The summed E-state index contributed by atoms with van der Waals surface area (Å²) in [5.74, 6) is 0.507. The zero-order valence-electron chi connectivity index (χ0n) is 12.8. The van der Waals surface area contributed by atoms with Crippen LogP contribution in [0.15, 0.2) is 41.1 Å². The van der Waals surface area contributed by atoms with E-state index < -0.39 is 0 Å². The molecule has 0 spiro atoms. The van der Waals surface area contributed by atoms with Gasteiger partial charge in [0.05, 0.1) is 12.6 Å². The van der Waals surface area contributed by atoms with Gasteiger partial charge in [-0.1, -0.05) is 30.3 Å². The average molecular weight is 311 g/mol. The van der Waals surface area contributed by atoms with Gasteiger partial charge in [0.1, 0.15) is 17.5 Å². The van der Waals surface area contributed by atoms with Crippen LogP contribution in [0.1, 0.15) is 35.9 Å². The van der Waals surface area contributed by atoms with Crippen LogP contribution < -0.4 is 0 Å². The van der Waals surface area contributed by atoms with Crippen molar-refractivity contribution in [3.05, 3.63) is 53.7 Å². The molecule has 6 nitrogen and oxygen atoms in total. The van der Waals surface area contributed by atoms with Gasteiger partial charge >= 0.3 is 6.03 Å². The minimum Gasteiger partial charge on any atom is -0.448 e. The SMILES string of the molecule is Cc1ocnc1CN1C(=O)[C@@H]2CC[C@@H](c3ccccc3)N2C1=O. The zero-order valence-corrected chi connectivity index (χ0v) is 12.8. The molecule has 118 valence electrons. The average Bonchev–Trinajstić information content (AvgIpc) is 3.23. The Bertz CT molecular complexity index is 755. The summed E-state index contributed by atoms with van der Waals surface area (Å²) >= 11 is 0. The maximum Gasteiger partial charge on any atom is 0.328 e. The lowest BCUT2D eigenvalue weighted by molar-refractivity contribution is -0.128. The molecule has 2 atom stereocenters. The molecule has 2 fully saturated rings. The fourth-order valence-corrected chi connectivity index (χ4v) is 3.51. The summed E-state index contributed by atoms with van der Waals surface area (Å²) in [7, 11) is 0. The summed E-state index contributed by atoms with van der Waals surface area (Å²) < 4.78 is 5.16. The van der Waals surface area contributed by atoms with E-state index in [2.05, 4.69) is 4.98 Å². The first-order valence-corrected chi connectivity index (χ1v) is 7.74. The lowest BCUT2D eigenvalue weighted by Gasteiger charge is -2.23. The Hall–Kier alpha value is -2.63.